The van der Waals surface area contributed by atoms with E-state index in [2.05, 4.69) is 10.3 Å². The monoisotopic (exact) mass is 299 g/mol. The molecule has 1 heterocycles. The summed E-state index contributed by atoms with van der Waals surface area (Å²) in [5, 5.41) is 3.88. The van der Waals surface area contributed by atoms with Crippen molar-refractivity contribution in [2.24, 2.45) is 0 Å². The fourth-order valence-electron chi connectivity index (χ4n) is 2.00. The number of nitrogens with zero attached hydrogens (tertiary/aromatic N) is 1. The lowest BCUT2D eigenvalue weighted by molar-refractivity contribution is 0.0602. The molecular formula is C15H13N3O2S. The number of rotatable bonds is 3. The fourth-order valence-corrected chi connectivity index (χ4v) is 2.88. The van der Waals surface area contributed by atoms with Crippen LogP contribution in [-0.2, 0) is 4.74 Å². The van der Waals surface area contributed by atoms with Gasteiger partial charge in [0.15, 0.2) is 5.13 Å². The molecule has 0 aliphatic carbocycles. The molecule has 0 amide bonds. The van der Waals surface area contributed by atoms with Gasteiger partial charge in [-0.3, -0.25) is 0 Å². The molecule has 21 heavy (non-hydrogen) atoms. The Morgan fingerprint density at radius 2 is 2.05 bits per heavy atom. The molecule has 5 nitrogen and oxygen atoms in total. The minimum absolute atomic E-state index is 0.337. The first-order valence-corrected chi connectivity index (χ1v) is 7.10. The van der Waals surface area contributed by atoms with Crippen molar-refractivity contribution in [3.05, 3.63) is 48.0 Å². The van der Waals surface area contributed by atoms with Crippen LogP contribution in [0.25, 0.3) is 10.2 Å². The number of methoxy groups -OCH3 is 1. The van der Waals surface area contributed by atoms with Crippen LogP contribution in [0.1, 0.15) is 10.4 Å². The predicted molar refractivity (Wildman–Crippen MR) is 85.1 cm³/mol. The van der Waals surface area contributed by atoms with Gasteiger partial charge in [0.25, 0.3) is 0 Å². The highest BCUT2D eigenvalue weighted by atomic mass is 32.1. The Bertz CT molecular complexity index is 781. The molecule has 0 unspecified atom stereocenters. The third-order valence-electron chi connectivity index (χ3n) is 3.05. The summed E-state index contributed by atoms with van der Waals surface area (Å²) in [5.74, 6) is -0.458. The maximum absolute atomic E-state index is 11.6. The summed E-state index contributed by atoms with van der Waals surface area (Å²) in [6.45, 7) is 0. The number of ether oxygens (including phenoxy) is 1. The Kier molecular flexibility index (Phi) is 3.45. The van der Waals surface area contributed by atoms with Crippen LogP contribution in [0.3, 0.4) is 0 Å². The zero-order valence-corrected chi connectivity index (χ0v) is 12.1. The standard InChI is InChI=1S/C15H13N3O2S/c1-20-14(19)9-5-4-7-11(13(9)16)18-15-17-10-6-2-3-8-12(10)21-15/h2-8H,16H2,1H3,(H,17,18). The number of hydrogen-bond acceptors (Lipinski definition) is 6. The number of nitrogens with two attached hydrogens (primary N) is 1. The topological polar surface area (TPSA) is 77.2 Å². The van der Waals surface area contributed by atoms with E-state index in [0.717, 1.165) is 15.3 Å². The summed E-state index contributed by atoms with van der Waals surface area (Å²) in [4.78, 5) is 16.1. The van der Waals surface area contributed by atoms with E-state index in [1.807, 2.05) is 24.3 Å². The van der Waals surface area contributed by atoms with E-state index in [4.69, 9.17) is 10.5 Å². The highest BCUT2D eigenvalue weighted by Crippen LogP contribution is 2.31. The van der Waals surface area contributed by atoms with Crippen molar-refractivity contribution in [1.82, 2.24) is 4.98 Å². The second kappa shape index (κ2) is 5.41. The van der Waals surface area contributed by atoms with Crippen molar-refractivity contribution in [2.75, 3.05) is 18.2 Å². The molecule has 3 rings (SSSR count). The van der Waals surface area contributed by atoms with Crippen LogP contribution in [0, 0.1) is 0 Å². The minimum Gasteiger partial charge on any atom is -0.465 e. The van der Waals surface area contributed by atoms with Gasteiger partial charge >= 0.3 is 5.97 Å². The molecular weight excluding hydrogens is 286 g/mol. The number of carbonyl (C=O) groups is 1. The summed E-state index contributed by atoms with van der Waals surface area (Å²) >= 11 is 1.53. The van der Waals surface area contributed by atoms with E-state index < -0.39 is 5.97 Å². The molecule has 3 aromatic rings. The van der Waals surface area contributed by atoms with Crippen molar-refractivity contribution < 1.29 is 9.53 Å². The van der Waals surface area contributed by atoms with Gasteiger partial charge in [-0.15, -0.1) is 0 Å². The maximum Gasteiger partial charge on any atom is 0.340 e. The number of aromatic nitrogens is 1. The maximum atomic E-state index is 11.6. The third-order valence-corrected chi connectivity index (χ3v) is 4.00. The first-order valence-electron chi connectivity index (χ1n) is 6.28. The first-order chi connectivity index (χ1) is 10.2. The van der Waals surface area contributed by atoms with Gasteiger partial charge in [-0.1, -0.05) is 29.5 Å². The number of carbonyl (C=O) groups excluding carboxylic acids is 1. The predicted octanol–water partition coefficient (Wildman–Crippen LogP) is 3.41. The number of nitrogens with one attached hydrogen (secondary N) is 1. The lowest BCUT2D eigenvalue weighted by Gasteiger charge is -2.09. The molecule has 0 bridgehead atoms. The van der Waals surface area contributed by atoms with E-state index in [0.29, 0.717) is 16.9 Å². The van der Waals surface area contributed by atoms with Crippen LogP contribution < -0.4 is 11.1 Å². The Balaban J connectivity index is 1.96. The Hall–Kier alpha value is -2.60. The van der Waals surface area contributed by atoms with E-state index in [9.17, 15) is 4.79 Å². The Morgan fingerprint density at radius 3 is 2.81 bits per heavy atom. The second-order valence-electron chi connectivity index (χ2n) is 4.37. The number of esters is 1. The van der Waals surface area contributed by atoms with Gasteiger partial charge in [0.05, 0.1) is 34.3 Å². The largest absolute Gasteiger partial charge is 0.465 e. The molecule has 0 fully saturated rings. The van der Waals surface area contributed by atoms with Gasteiger partial charge in [-0.05, 0) is 24.3 Å². The molecule has 0 aliphatic heterocycles. The quantitative estimate of drug-likeness (QED) is 0.572. The van der Waals surface area contributed by atoms with E-state index in [-0.39, 0.29) is 0 Å². The Morgan fingerprint density at radius 1 is 1.24 bits per heavy atom. The highest BCUT2D eigenvalue weighted by molar-refractivity contribution is 7.22. The average molecular weight is 299 g/mol. The lowest BCUT2D eigenvalue weighted by Crippen LogP contribution is -2.07. The molecule has 2 aromatic carbocycles. The number of thiazole rings is 1. The lowest BCUT2D eigenvalue weighted by atomic mass is 10.1. The van der Waals surface area contributed by atoms with Crippen molar-refractivity contribution >= 4 is 44.0 Å². The summed E-state index contributed by atoms with van der Waals surface area (Å²) < 4.78 is 5.80. The van der Waals surface area contributed by atoms with Gasteiger partial charge in [-0.2, -0.15) is 0 Å². The van der Waals surface area contributed by atoms with E-state index in [1.54, 1.807) is 18.2 Å². The highest BCUT2D eigenvalue weighted by Gasteiger charge is 2.13. The molecule has 0 aliphatic rings. The van der Waals surface area contributed by atoms with Gasteiger partial charge in [0.1, 0.15) is 0 Å². The fraction of sp³-hybridized carbons (Fsp3) is 0.0667. The van der Waals surface area contributed by atoms with Crippen LogP contribution in [-0.4, -0.2) is 18.1 Å². The molecule has 0 spiro atoms. The number of para-hydroxylation sites is 2. The zero-order valence-electron chi connectivity index (χ0n) is 11.3. The average Bonchev–Trinajstić information content (AvgIpc) is 2.91. The number of nitrogen functional groups attached to an aromatic ring is 1. The van der Waals surface area contributed by atoms with Crippen molar-refractivity contribution in [3.63, 3.8) is 0 Å². The number of anilines is 3. The molecule has 0 radical (unpaired) electrons. The molecule has 3 N–H and O–H groups in total. The van der Waals surface area contributed by atoms with E-state index in [1.165, 1.54) is 18.4 Å². The summed E-state index contributed by atoms with van der Waals surface area (Å²) in [6, 6.07) is 13.0. The molecule has 0 saturated carbocycles. The number of fused-ring (bicyclic) bond motifs is 1. The van der Waals surface area contributed by atoms with Crippen LogP contribution in [0.15, 0.2) is 42.5 Å². The summed E-state index contributed by atoms with van der Waals surface area (Å²) in [5.41, 5.74) is 8.26. The van der Waals surface area contributed by atoms with Crippen molar-refractivity contribution in [3.8, 4) is 0 Å². The van der Waals surface area contributed by atoms with E-state index >= 15 is 0 Å². The molecule has 106 valence electrons. The van der Waals surface area contributed by atoms with Crippen LogP contribution >= 0.6 is 11.3 Å². The Labute approximate surface area is 125 Å². The normalized spacial score (nSPS) is 10.5. The van der Waals surface area contributed by atoms with Gasteiger partial charge in [0, 0.05) is 0 Å². The molecule has 0 saturated heterocycles. The van der Waals surface area contributed by atoms with Crippen LogP contribution in [0.5, 0.6) is 0 Å². The number of hydrogen-bond donors (Lipinski definition) is 2. The summed E-state index contributed by atoms with van der Waals surface area (Å²) in [6.07, 6.45) is 0. The van der Waals surface area contributed by atoms with Gasteiger partial charge in [-0.25, -0.2) is 9.78 Å². The minimum atomic E-state index is -0.458. The summed E-state index contributed by atoms with van der Waals surface area (Å²) in [7, 11) is 1.33. The molecule has 1 aromatic heterocycles. The van der Waals surface area contributed by atoms with Gasteiger partial charge < -0.3 is 15.8 Å². The van der Waals surface area contributed by atoms with Crippen molar-refractivity contribution in [1.29, 1.82) is 0 Å². The van der Waals surface area contributed by atoms with Gasteiger partial charge in [0.2, 0.25) is 0 Å². The van der Waals surface area contributed by atoms with Crippen LogP contribution in [0.4, 0.5) is 16.5 Å². The molecule has 6 heteroatoms. The smallest absolute Gasteiger partial charge is 0.340 e. The van der Waals surface area contributed by atoms with Crippen LogP contribution in [0.2, 0.25) is 0 Å². The second-order valence-corrected chi connectivity index (χ2v) is 5.40. The third kappa shape index (κ3) is 2.53. The number of benzene rings is 2. The van der Waals surface area contributed by atoms with Crippen molar-refractivity contribution in [2.45, 2.75) is 0 Å². The zero-order chi connectivity index (χ0) is 14.8. The molecule has 0 atom stereocenters. The first kappa shape index (κ1) is 13.4. The SMILES string of the molecule is COC(=O)c1cccc(Nc2nc3ccccc3s2)c1N.